The number of carbonyl (C=O) groups is 1. The Kier molecular flexibility index (Phi) is 5.25. The molecule has 1 aromatic rings. The number of alkyl halides is 1. The van der Waals surface area contributed by atoms with E-state index in [0.29, 0.717) is 5.92 Å². The van der Waals surface area contributed by atoms with Gasteiger partial charge in [-0.05, 0) is 24.0 Å². The summed E-state index contributed by atoms with van der Waals surface area (Å²) in [5.41, 5.74) is 3.05. The van der Waals surface area contributed by atoms with Crippen molar-refractivity contribution in [2.45, 2.75) is 26.7 Å². The minimum atomic E-state index is -0.161. The fourth-order valence-corrected chi connectivity index (χ4v) is 2.12. The summed E-state index contributed by atoms with van der Waals surface area (Å²) in [5, 5.41) is 0. The first kappa shape index (κ1) is 14.6. The fourth-order valence-electron chi connectivity index (χ4n) is 1.97. The summed E-state index contributed by atoms with van der Waals surface area (Å²) in [4.78, 5) is 13.5. The zero-order valence-electron chi connectivity index (χ0n) is 11.0. The van der Waals surface area contributed by atoms with Crippen molar-refractivity contribution in [3.63, 3.8) is 0 Å². The Labute approximate surface area is 114 Å². The highest BCUT2D eigenvalue weighted by Gasteiger charge is 2.20. The molecule has 0 aliphatic carbocycles. The van der Waals surface area contributed by atoms with E-state index in [1.54, 1.807) is 4.90 Å². The summed E-state index contributed by atoms with van der Waals surface area (Å²) in [5.74, 6) is 2.62. The van der Waals surface area contributed by atoms with Gasteiger partial charge in [-0.2, -0.15) is 0 Å². The summed E-state index contributed by atoms with van der Waals surface area (Å²) in [7, 11) is 0. The molecule has 3 heteroatoms. The number of para-hydroxylation sites is 1. The van der Waals surface area contributed by atoms with Crippen LogP contribution in [-0.2, 0) is 4.79 Å². The van der Waals surface area contributed by atoms with Gasteiger partial charge in [0.15, 0.2) is 0 Å². The first-order chi connectivity index (χ1) is 8.52. The topological polar surface area (TPSA) is 20.3 Å². The summed E-state index contributed by atoms with van der Waals surface area (Å²) in [6.07, 6.45) is 5.35. The molecule has 0 aromatic heterocycles. The molecule has 0 unspecified atom stereocenters. The molecule has 0 bridgehead atoms. The molecule has 0 fully saturated rings. The lowest BCUT2D eigenvalue weighted by Gasteiger charge is -2.26. The van der Waals surface area contributed by atoms with Gasteiger partial charge in [-0.25, -0.2) is 0 Å². The number of halogens is 1. The van der Waals surface area contributed by atoms with Gasteiger partial charge in [-0.15, -0.1) is 18.0 Å². The minimum Gasteiger partial charge on any atom is -0.299 e. The van der Waals surface area contributed by atoms with Crippen molar-refractivity contribution in [3.05, 3.63) is 29.3 Å². The number of hydrogen-bond donors (Lipinski definition) is 0. The molecular weight excluding hydrogens is 246 g/mol. The van der Waals surface area contributed by atoms with Gasteiger partial charge in [0.05, 0.1) is 12.2 Å². The standard InChI is InChI=1S/C15H18ClNO/c1-5-9-17(14(18)10-16)15-12(4)7-6-8-13(15)11(2)3/h1,6-8,11H,9-10H2,2-4H3. The first-order valence-corrected chi connectivity index (χ1v) is 6.45. The second kappa shape index (κ2) is 6.47. The van der Waals surface area contributed by atoms with Gasteiger partial charge < -0.3 is 0 Å². The van der Waals surface area contributed by atoms with E-state index in [1.165, 1.54) is 0 Å². The van der Waals surface area contributed by atoms with Crippen molar-refractivity contribution >= 4 is 23.2 Å². The molecule has 18 heavy (non-hydrogen) atoms. The van der Waals surface area contributed by atoms with Crippen LogP contribution in [0.25, 0.3) is 0 Å². The Morgan fingerprint density at radius 1 is 1.50 bits per heavy atom. The maximum absolute atomic E-state index is 11.9. The average Bonchev–Trinajstić information content (AvgIpc) is 2.35. The molecule has 1 amide bonds. The normalized spacial score (nSPS) is 10.2. The first-order valence-electron chi connectivity index (χ1n) is 5.92. The zero-order valence-corrected chi connectivity index (χ0v) is 11.8. The maximum Gasteiger partial charge on any atom is 0.242 e. The lowest BCUT2D eigenvalue weighted by atomic mass is 9.97. The number of benzene rings is 1. The number of rotatable bonds is 4. The smallest absolute Gasteiger partial charge is 0.242 e. The lowest BCUT2D eigenvalue weighted by molar-refractivity contribution is -0.116. The van der Waals surface area contributed by atoms with Gasteiger partial charge >= 0.3 is 0 Å². The third-order valence-corrected chi connectivity index (χ3v) is 3.05. The summed E-state index contributed by atoms with van der Waals surface area (Å²) in [6, 6.07) is 6.00. The van der Waals surface area contributed by atoms with Crippen LogP contribution in [0, 0.1) is 19.3 Å². The molecule has 0 aliphatic heterocycles. The molecule has 0 atom stereocenters. The lowest BCUT2D eigenvalue weighted by Crippen LogP contribution is -2.33. The Balaban J connectivity index is 3.35. The average molecular weight is 264 g/mol. The largest absolute Gasteiger partial charge is 0.299 e. The molecule has 2 nitrogen and oxygen atoms in total. The maximum atomic E-state index is 11.9. The highest BCUT2D eigenvalue weighted by molar-refractivity contribution is 6.29. The van der Waals surface area contributed by atoms with Crippen LogP contribution in [0.15, 0.2) is 18.2 Å². The molecule has 0 saturated heterocycles. The number of anilines is 1. The molecule has 1 aromatic carbocycles. The third-order valence-electron chi connectivity index (χ3n) is 2.83. The zero-order chi connectivity index (χ0) is 13.7. The van der Waals surface area contributed by atoms with Crippen molar-refractivity contribution in [1.82, 2.24) is 0 Å². The van der Waals surface area contributed by atoms with E-state index in [1.807, 2.05) is 25.1 Å². The van der Waals surface area contributed by atoms with Crippen LogP contribution in [0.5, 0.6) is 0 Å². The third kappa shape index (κ3) is 3.05. The van der Waals surface area contributed by atoms with E-state index in [4.69, 9.17) is 18.0 Å². The van der Waals surface area contributed by atoms with Crippen molar-refractivity contribution < 1.29 is 4.79 Å². The van der Waals surface area contributed by atoms with Crippen LogP contribution >= 0.6 is 11.6 Å². The number of aryl methyl sites for hydroxylation is 1. The van der Waals surface area contributed by atoms with E-state index in [9.17, 15) is 4.79 Å². The predicted octanol–water partition coefficient (Wildman–Crippen LogP) is 3.32. The Hall–Kier alpha value is -1.46. The van der Waals surface area contributed by atoms with E-state index >= 15 is 0 Å². The molecule has 0 saturated carbocycles. The Morgan fingerprint density at radius 2 is 2.17 bits per heavy atom. The Morgan fingerprint density at radius 3 is 2.67 bits per heavy atom. The van der Waals surface area contributed by atoms with Gasteiger partial charge in [0.1, 0.15) is 5.88 Å². The molecule has 1 rings (SSSR count). The second-order valence-corrected chi connectivity index (χ2v) is 4.75. The van der Waals surface area contributed by atoms with Crippen LogP contribution < -0.4 is 4.90 Å². The monoisotopic (exact) mass is 263 g/mol. The van der Waals surface area contributed by atoms with Crippen molar-refractivity contribution in [2.24, 2.45) is 0 Å². The Bertz CT molecular complexity index is 474. The van der Waals surface area contributed by atoms with Gasteiger partial charge in [0, 0.05) is 0 Å². The van der Waals surface area contributed by atoms with Crippen molar-refractivity contribution in [1.29, 1.82) is 0 Å². The quantitative estimate of drug-likeness (QED) is 0.603. The molecule has 96 valence electrons. The van der Waals surface area contributed by atoms with Gasteiger partial charge in [0.2, 0.25) is 5.91 Å². The number of carbonyl (C=O) groups excluding carboxylic acids is 1. The highest BCUT2D eigenvalue weighted by atomic mass is 35.5. The molecule has 0 heterocycles. The molecule has 0 N–H and O–H groups in total. The highest BCUT2D eigenvalue weighted by Crippen LogP contribution is 2.31. The second-order valence-electron chi connectivity index (χ2n) is 4.49. The van der Waals surface area contributed by atoms with E-state index in [0.717, 1.165) is 16.8 Å². The van der Waals surface area contributed by atoms with Crippen LogP contribution in [-0.4, -0.2) is 18.3 Å². The number of hydrogen-bond acceptors (Lipinski definition) is 1. The van der Waals surface area contributed by atoms with Crippen LogP contribution in [0.1, 0.15) is 30.9 Å². The SMILES string of the molecule is C#CCN(C(=O)CCl)c1c(C)cccc1C(C)C. The van der Waals surface area contributed by atoms with Gasteiger partial charge in [-0.3, -0.25) is 9.69 Å². The molecule has 0 radical (unpaired) electrons. The summed E-state index contributed by atoms with van der Waals surface area (Å²) >= 11 is 5.66. The van der Waals surface area contributed by atoms with E-state index in [2.05, 4.69) is 19.8 Å². The number of terminal acetylenes is 1. The van der Waals surface area contributed by atoms with Crippen molar-refractivity contribution in [3.8, 4) is 12.3 Å². The molecule has 0 spiro atoms. The van der Waals surface area contributed by atoms with Crippen LogP contribution in [0.2, 0.25) is 0 Å². The summed E-state index contributed by atoms with van der Waals surface area (Å²) in [6.45, 7) is 6.41. The minimum absolute atomic E-state index is 0.0620. The fraction of sp³-hybridized carbons (Fsp3) is 0.400. The predicted molar refractivity (Wildman–Crippen MR) is 77.2 cm³/mol. The molecule has 0 aliphatic rings. The van der Waals surface area contributed by atoms with Gasteiger partial charge in [0.25, 0.3) is 0 Å². The number of amides is 1. The van der Waals surface area contributed by atoms with E-state index < -0.39 is 0 Å². The van der Waals surface area contributed by atoms with E-state index in [-0.39, 0.29) is 18.3 Å². The van der Waals surface area contributed by atoms with Crippen molar-refractivity contribution in [2.75, 3.05) is 17.3 Å². The summed E-state index contributed by atoms with van der Waals surface area (Å²) < 4.78 is 0. The molecular formula is C15H18ClNO. The van der Waals surface area contributed by atoms with Crippen LogP contribution in [0.4, 0.5) is 5.69 Å². The number of nitrogens with zero attached hydrogens (tertiary/aromatic N) is 1. The van der Waals surface area contributed by atoms with Gasteiger partial charge in [-0.1, -0.05) is 38.0 Å². The van der Waals surface area contributed by atoms with Crippen LogP contribution in [0.3, 0.4) is 0 Å².